The van der Waals surface area contributed by atoms with Gasteiger partial charge in [-0.15, -0.1) is 0 Å². The Bertz CT molecular complexity index is 559. The minimum atomic E-state index is -0.970. The van der Waals surface area contributed by atoms with Crippen molar-refractivity contribution in [1.29, 1.82) is 5.26 Å². The first kappa shape index (κ1) is 14.9. The maximum absolute atomic E-state index is 12.1. The van der Waals surface area contributed by atoms with Gasteiger partial charge in [-0.25, -0.2) is 9.59 Å². The Labute approximate surface area is 123 Å². The van der Waals surface area contributed by atoms with E-state index in [1.165, 1.54) is 12.1 Å². The molecule has 0 atom stereocenters. The van der Waals surface area contributed by atoms with Gasteiger partial charge in [0.1, 0.15) is 0 Å². The molecule has 1 saturated carbocycles. The molecule has 1 fully saturated rings. The molecule has 1 aliphatic carbocycles. The number of urea groups is 1. The highest BCUT2D eigenvalue weighted by Crippen LogP contribution is 2.26. The molecule has 2 N–H and O–H groups in total. The molecule has 0 aromatic heterocycles. The summed E-state index contributed by atoms with van der Waals surface area (Å²) in [5.41, 5.74) is 1.06. The number of nitrogens with zero attached hydrogens (tertiary/aromatic N) is 2. The molecule has 1 aliphatic rings. The summed E-state index contributed by atoms with van der Waals surface area (Å²) in [5, 5.41) is 20.2. The Morgan fingerprint density at radius 2 is 2.00 bits per heavy atom. The third-order valence-corrected chi connectivity index (χ3v) is 3.36. The topological polar surface area (TPSA) is 93.4 Å². The van der Waals surface area contributed by atoms with Crippen LogP contribution in [0.25, 0.3) is 0 Å². The van der Waals surface area contributed by atoms with Crippen molar-refractivity contribution in [2.75, 3.05) is 6.54 Å². The van der Waals surface area contributed by atoms with Gasteiger partial charge in [0.15, 0.2) is 0 Å². The highest BCUT2D eigenvalue weighted by Gasteiger charge is 2.31. The predicted octanol–water partition coefficient (Wildman–Crippen LogP) is 1.97. The molecule has 0 heterocycles. The zero-order valence-corrected chi connectivity index (χ0v) is 11.6. The van der Waals surface area contributed by atoms with E-state index in [0.29, 0.717) is 19.5 Å². The van der Waals surface area contributed by atoms with Gasteiger partial charge in [0.25, 0.3) is 0 Å². The van der Waals surface area contributed by atoms with Gasteiger partial charge in [0.2, 0.25) is 0 Å². The lowest BCUT2D eigenvalue weighted by atomic mass is 10.1. The van der Waals surface area contributed by atoms with E-state index in [1.54, 1.807) is 17.0 Å². The Morgan fingerprint density at radius 3 is 2.52 bits per heavy atom. The minimum Gasteiger partial charge on any atom is -0.478 e. The number of nitrogens with one attached hydrogen (secondary N) is 1. The molecule has 1 aromatic carbocycles. The largest absolute Gasteiger partial charge is 0.478 e. The second-order valence-corrected chi connectivity index (χ2v) is 4.99. The Morgan fingerprint density at radius 1 is 1.33 bits per heavy atom. The molecule has 0 unspecified atom stereocenters. The minimum absolute atomic E-state index is 0.171. The van der Waals surface area contributed by atoms with Crippen molar-refractivity contribution in [3.8, 4) is 6.07 Å². The zero-order valence-electron chi connectivity index (χ0n) is 11.6. The lowest BCUT2D eigenvalue weighted by molar-refractivity contribution is 0.0697. The molecule has 0 spiro atoms. The number of aromatic carboxylic acids is 1. The van der Waals surface area contributed by atoms with E-state index in [9.17, 15) is 9.59 Å². The van der Waals surface area contributed by atoms with Crippen LogP contribution < -0.4 is 5.32 Å². The number of hydrogen-bond acceptors (Lipinski definition) is 3. The summed E-state index contributed by atoms with van der Waals surface area (Å²) in [7, 11) is 0. The average Bonchev–Trinajstić information content (AvgIpc) is 3.30. The molecular weight excluding hydrogens is 270 g/mol. The van der Waals surface area contributed by atoms with Gasteiger partial charge in [0, 0.05) is 19.1 Å². The fraction of sp³-hybridized carbons (Fsp3) is 0.400. The molecule has 0 saturated heterocycles. The van der Waals surface area contributed by atoms with Crippen LogP contribution in [0.5, 0.6) is 0 Å². The smallest absolute Gasteiger partial charge is 0.335 e. The van der Waals surface area contributed by atoms with Crippen LogP contribution in [-0.2, 0) is 6.54 Å². The third kappa shape index (κ3) is 4.21. The highest BCUT2D eigenvalue weighted by atomic mass is 16.4. The van der Waals surface area contributed by atoms with Crippen LogP contribution in [0.3, 0.4) is 0 Å². The second-order valence-electron chi connectivity index (χ2n) is 4.99. The van der Waals surface area contributed by atoms with Crippen LogP contribution in [0.15, 0.2) is 24.3 Å². The lowest BCUT2D eigenvalue weighted by Crippen LogP contribution is -2.41. The second kappa shape index (κ2) is 6.75. The summed E-state index contributed by atoms with van der Waals surface area (Å²) in [6.07, 6.45) is 2.32. The van der Waals surface area contributed by atoms with E-state index in [-0.39, 0.29) is 17.6 Å². The van der Waals surface area contributed by atoms with Gasteiger partial charge in [-0.1, -0.05) is 12.1 Å². The molecule has 2 rings (SSSR count). The van der Waals surface area contributed by atoms with Gasteiger partial charge < -0.3 is 15.3 Å². The highest BCUT2D eigenvalue weighted by molar-refractivity contribution is 5.87. The number of carboxylic acids is 1. The Kier molecular flexibility index (Phi) is 4.77. The van der Waals surface area contributed by atoms with E-state index < -0.39 is 5.97 Å². The fourth-order valence-corrected chi connectivity index (χ4v) is 2.05. The van der Waals surface area contributed by atoms with E-state index in [4.69, 9.17) is 10.4 Å². The van der Waals surface area contributed by atoms with Crippen LogP contribution in [0.1, 0.15) is 35.2 Å². The fourth-order valence-electron chi connectivity index (χ4n) is 2.05. The molecule has 2 amide bonds. The van der Waals surface area contributed by atoms with Gasteiger partial charge >= 0.3 is 12.0 Å². The van der Waals surface area contributed by atoms with E-state index >= 15 is 0 Å². The van der Waals surface area contributed by atoms with Crippen molar-refractivity contribution >= 4 is 12.0 Å². The molecule has 0 bridgehead atoms. The van der Waals surface area contributed by atoms with E-state index in [1.807, 2.05) is 6.07 Å². The van der Waals surface area contributed by atoms with Crippen molar-refractivity contribution in [2.45, 2.75) is 31.8 Å². The molecule has 6 heteroatoms. The van der Waals surface area contributed by atoms with Gasteiger partial charge in [-0.3, -0.25) is 0 Å². The maximum atomic E-state index is 12.1. The summed E-state index contributed by atoms with van der Waals surface area (Å²) in [5.74, 6) is -0.970. The van der Waals surface area contributed by atoms with Crippen molar-refractivity contribution in [2.24, 2.45) is 0 Å². The average molecular weight is 287 g/mol. The van der Waals surface area contributed by atoms with Crippen LogP contribution in [0.4, 0.5) is 4.79 Å². The van der Waals surface area contributed by atoms with Crippen LogP contribution >= 0.6 is 0 Å². The molecule has 0 radical (unpaired) electrons. The number of benzene rings is 1. The van der Waals surface area contributed by atoms with Gasteiger partial charge in [-0.05, 0) is 30.5 Å². The number of hydrogen-bond donors (Lipinski definition) is 2. The number of nitriles is 1. The number of carbonyl (C=O) groups excluding carboxylic acids is 1. The Hall–Kier alpha value is -2.55. The monoisotopic (exact) mass is 287 g/mol. The third-order valence-electron chi connectivity index (χ3n) is 3.36. The summed E-state index contributed by atoms with van der Waals surface area (Å²) < 4.78 is 0. The Balaban J connectivity index is 1.87. The van der Waals surface area contributed by atoms with Crippen molar-refractivity contribution in [3.63, 3.8) is 0 Å². The number of amides is 2. The SMILES string of the molecule is N#CCCN(C(=O)NCc1ccc(C(=O)O)cc1)C1CC1. The van der Waals surface area contributed by atoms with Gasteiger partial charge in [-0.2, -0.15) is 5.26 Å². The standard InChI is InChI=1S/C15H17N3O3/c16-8-1-9-18(13-6-7-13)15(21)17-10-11-2-4-12(5-3-11)14(19)20/h2-5,13H,1,6-7,9-10H2,(H,17,21)(H,19,20). The summed E-state index contributed by atoms with van der Waals surface area (Å²) in [6, 6.07) is 8.52. The van der Waals surface area contributed by atoms with Crippen LogP contribution in [-0.4, -0.2) is 34.6 Å². The lowest BCUT2D eigenvalue weighted by Gasteiger charge is -2.21. The number of carbonyl (C=O) groups is 2. The van der Waals surface area contributed by atoms with Gasteiger partial charge in [0.05, 0.1) is 18.1 Å². The van der Waals surface area contributed by atoms with Crippen LogP contribution in [0.2, 0.25) is 0 Å². The molecule has 21 heavy (non-hydrogen) atoms. The van der Waals surface area contributed by atoms with Crippen LogP contribution in [0, 0.1) is 11.3 Å². The molecule has 1 aromatic rings. The quantitative estimate of drug-likeness (QED) is 0.836. The summed E-state index contributed by atoms with van der Waals surface area (Å²) in [6.45, 7) is 0.791. The van der Waals surface area contributed by atoms with E-state index in [2.05, 4.69) is 5.32 Å². The van der Waals surface area contributed by atoms with Crippen molar-refractivity contribution in [1.82, 2.24) is 10.2 Å². The summed E-state index contributed by atoms with van der Waals surface area (Å²) in [4.78, 5) is 24.5. The number of carboxylic acid groups (broad SMARTS) is 1. The van der Waals surface area contributed by atoms with Crippen molar-refractivity contribution < 1.29 is 14.7 Å². The predicted molar refractivity (Wildman–Crippen MR) is 75.6 cm³/mol. The molecule has 110 valence electrons. The first-order valence-corrected chi connectivity index (χ1v) is 6.85. The maximum Gasteiger partial charge on any atom is 0.335 e. The van der Waals surface area contributed by atoms with Crippen molar-refractivity contribution in [3.05, 3.63) is 35.4 Å². The number of rotatable bonds is 6. The summed E-state index contributed by atoms with van der Waals surface area (Å²) >= 11 is 0. The first-order valence-electron chi connectivity index (χ1n) is 6.85. The molecular formula is C15H17N3O3. The normalized spacial score (nSPS) is 13.3. The first-order chi connectivity index (χ1) is 10.1. The zero-order chi connectivity index (χ0) is 15.2. The van der Waals surface area contributed by atoms with E-state index in [0.717, 1.165) is 18.4 Å². The molecule has 0 aliphatic heterocycles. The molecule has 6 nitrogen and oxygen atoms in total.